The van der Waals surface area contributed by atoms with Crippen molar-refractivity contribution in [1.29, 1.82) is 0 Å². The van der Waals surface area contributed by atoms with E-state index in [9.17, 15) is 0 Å². The van der Waals surface area contributed by atoms with Gasteiger partial charge in [-0.15, -0.1) is 0 Å². The van der Waals surface area contributed by atoms with E-state index in [0.717, 1.165) is 19.6 Å². The zero-order valence-electron chi connectivity index (χ0n) is 9.61. The van der Waals surface area contributed by atoms with Crippen LogP contribution >= 0.6 is 0 Å². The first-order chi connectivity index (χ1) is 7.27. The van der Waals surface area contributed by atoms with Gasteiger partial charge < -0.3 is 5.32 Å². The Morgan fingerprint density at radius 2 is 2.07 bits per heavy atom. The van der Waals surface area contributed by atoms with E-state index in [1.807, 2.05) is 0 Å². The van der Waals surface area contributed by atoms with Crippen LogP contribution in [0.3, 0.4) is 0 Å². The molecule has 0 amide bonds. The van der Waals surface area contributed by atoms with Crippen molar-refractivity contribution in [2.24, 2.45) is 0 Å². The first-order valence-electron chi connectivity index (χ1n) is 5.80. The molecule has 1 aromatic rings. The van der Waals surface area contributed by atoms with E-state index in [1.165, 1.54) is 5.56 Å². The second-order valence-corrected chi connectivity index (χ2v) is 4.44. The Labute approximate surface area is 92.3 Å². The highest BCUT2D eigenvalue weighted by atomic mass is 15.2. The van der Waals surface area contributed by atoms with Crippen LogP contribution in [0.1, 0.15) is 25.5 Å². The highest BCUT2D eigenvalue weighted by Gasteiger charge is 2.20. The number of piperazine rings is 1. The zero-order valence-corrected chi connectivity index (χ0v) is 9.61. The SMILES string of the molecule is CC1CN(C(C)c2ccccc2)CCN1. The fourth-order valence-corrected chi connectivity index (χ4v) is 2.26. The van der Waals surface area contributed by atoms with Gasteiger partial charge in [0, 0.05) is 31.7 Å². The van der Waals surface area contributed by atoms with Crippen LogP contribution in [-0.4, -0.2) is 30.6 Å². The summed E-state index contributed by atoms with van der Waals surface area (Å²) < 4.78 is 0. The monoisotopic (exact) mass is 204 g/mol. The van der Waals surface area contributed by atoms with E-state index < -0.39 is 0 Å². The van der Waals surface area contributed by atoms with Crippen LogP contribution in [0.2, 0.25) is 0 Å². The van der Waals surface area contributed by atoms with Crippen LogP contribution in [0.15, 0.2) is 30.3 Å². The summed E-state index contributed by atoms with van der Waals surface area (Å²) in [6, 6.07) is 11.9. The Balaban J connectivity index is 2.04. The van der Waals surface area contributed by atoms with Gasteiger partial charge >= 0.3 is 0 Å². The second kappa shape index (κ2) is 4.77. The quantitative estimate of drug-likeness (QED) is 0.793. The minimum Gasteiger partial charge on any atom is -0.312 e. The summed E-state index contributed by atoms with van der Waals surface area (Å²) in [4.78, 5) is 2.55. The average molecular weight is 204 g/mol. The molecule has 1 aliphatic heterocycles. The summed E-state index contributed by atoms with van der Waals surface area (Å²) in [6.45, 7) is 7.96. The molecule has 2 unspecified atom stereocenters. The van der Waals surface area contributed by atoms with Crippen LogP contribution in [-0.2, 0) is 0 Å². The third kappa shape index (κ3) is 2.58. The molecule has 0 aromatic heterocycles. The summed E-state index contributed by atoms with van der Waals surface area (Å²) >= 11 is 0. The lowest BCUT2D eigenvalue weighted by Crippen LogP contribution is -2.49. The van der Waals surface area contributed by atoms with Crippen molar-refractivity contribution in [3.63, 3.8) is 0 Å². The molecular weight excluding hydrogens is 184 g/mol. The van der Waals surface area contributed by atoms with Crippen LogP contribution in [0.5, 0.6) is 0 Å². The molecule has 1 saturated heterocycles. The van der Waals surface area contributed by atoms with Gasteiger partial charge in [0.15, 0.2) is 0 Å². The summed E-state index contributed by atoms with van der Waals surface area (Å²) in [5.74, 6) is 0. The second-order valence-electron chi connectivity index (χ2n) is 4.44. The molecule has 1 fully saturated rings. The van der Waals surface area contributed by atoms with Crippen LogP contribution in [0.4, 0.5) is 0 Å². The minimum absolute atomic E-state index is 0.538. The van der Waals surface area contributed by atoms with E-state index in [4.69, 9.17) is 0 Å². The lowest BCUT2D eigenvalue weighted by Gasteiger charge is -2.36. The fraction of sp³-hybridized carbons (Fsp3) is 0.538. The van der Waals surface area contributed by atoms with Gasteiger partial charge in [-0.25, -0.2) is 0 Å². The number of hydrogen-bond donors (Lipinski definition) is 1. The molecule has 82 valence electrons. The third-order valence-corrected chi connectivity index (χ3v) is 3.23. The largest absolute Gasteiger partial charge is 0.312 e. The molecule has 0 radical (unpaired) electrons. The van der Waals surface area contributed by atoms with Crippen molar-refractivity contribution in [3.05, 3.63) is 35.9 Å². The van der Waals surface area contributed by atoms with Gasteiger partial charge in [-0.3, -0.25) is 4.90 Å². The highest BCUT2D eigenvalue weighted by molar-refractivity contribution is 5.18. The summed E-state index contributed by atoms with van der Waals surface area (Å²) in [5, 5.41) is 3.48. The van der Waals surface area contributed by atoms with Crippen molar-refractivity contribution < 1.29 is 0 Å². The van der Waals surface area contributed by atoms with Crippen molar-refractivity contribution in [3.8, 4) is 0 Å². The summed E-state index contributed by atoms with van der Waals surface area (Å²) in [6.07, 6.45) is 0. The lowest BCUT2D eigenvalue weighted by atomic mass is 10.1. The van der Waals surface area contributed by atoms with Crippen LogP contribution < -0.4 is 5.32 Å². The van der Waals surface area contributed by atoms with Crippen LogP contribution in [0.25, 0.3) is 0 Å². The zero-order chi connectivity index (χ0) is 10.7. The molecular formula is C13H20N2. The van der Waals surface area contributed by atoms with E-state index in [-0.39, 0.29) is 0 Å². The normalized spacial score (nSPS) is 25.1. The Bertz CT molecular complexity index is 297. The molecule has 1 aromatic carbocycles. The maximum Gasteiger partial charge on any atom is 0.0321 e. The van der Waals surface area contributed by atoms with E-state index in [1.54, 1.807) is 0 Å². The van der Waals surface area contributed by atoms with Gasteiger partial charge in [0.1, 0.15) is 0 Å². The van der Waals surface area contributed by atoms with Crippen molar-refractivity contribution in [1.82, 2.24) is 10.2 Å². The van der Waals surface area contributed by atoms with E-state index in [2.05, 4.69) is 54.4 Å². The van der Waals surface area contributed by atoms with Gasteiger partial charge in [0.05, 0.1) is 0 Å². The van der Waals surface area contributed by atoms with E-state index >= 15 is 0 Å². The molecule has 0 saturated carbocycles. The highest BCUT2D eigenvalue weighted by Crippen LogP contribution is 2.20. The van der Waals surface area contributed by atoms with Gasteiger partial charge in [-0.2, -0.15) is 0 Å². The van der Waals surface area contributed by atoms with Crippen molar-refractivity contribution in [2.75, 3.05) is 19.6 Å². The third-order valence-electron chi connectivity index (χ3n) is 3.23. The van der Waals surface area contributed by atoms with Gasteiger partial charge in [-0.1, -0.05) is 30.3 Å². The van der Waals surface area contributed by atoms with E-state index in [0.29, 0.717) is 12.1 Å². The Morgan fingerprint density at radius 1 is 1.33 bits per heavy atom. The van der Waals surface area contributed by atoms with Crippen molar-refractivity contribution >= 4 is 0 Å². The molecule has 2 nitrogen and oxygen atoms in total. The van der Waals surface area contributed by atoms with Gasteiger partial charge in [0.25, 0.3) is 0 Å². The lowest BCUT2D eigenvalue weighted by molar-refractivity contribution is 0.159. The maximum absolute atomic E-state index is 3.48. The molecule has 0 aliphatic carbocycles. The molecule has 1 N–H and O–H groups in total. The molecule has 15 heavy (non-hydrogen) atoms. The molecule has 2 heteroatoms. The number of benzene rings is 1. The predicted octanol–water partition coefficient (Wildman–Crippen LogP) is 2.04. The Morgan fingerprint density at radius 3 is 2.73 bits per heavy atom. The summed E-state index contributed by atoms with van der Waals surface area (Å²) in [5.41, 5.74) is 1.42. The predicted molar refractivity (Wildman–Crippen MR) is 63.9 cm³/mol. The average Bonchev–Trinajstić information content (AvgIpc) is 2.29. The summed E-state index contributed by atoms with van der Waals surface area (Å²) in [7, 11) is 0. The fourth-order valence-electron chi connectivity index (χ4n) is 2.26. The first kappa shape index (κ1) is 10.7. The molecule has 0 bridgehead atoms. The number of nitrogens with one attached hydrogen (secondary N) is 1. The molecule has 2 atom stereocenters. The van der Waals surface area contributed by atoms with Crippen LogP contribution in [0, 0.1) is 0 Å². The number of rotatable bonds is 2. The minimum atomic E-state index is 0.538. The standard InChI is InChI=1S/C13H20N2/c1-11-10-15(9-8-14-11)12(2)13-6-4-3-5-7-13/h3-7,11-12,14H,8-10H2,1-2H3. The molecule has 1 heterocycles. The first-order valence-corrected chi connectivity index (χ1v) is 5.80. The van der Waals surface area contributed by atoms with Gasteiger partial charge in [-0.05, 0) is 19.4 Å². The molecule has 2 rings (SSSR count). The Kier molecular flexibility index (Phi) is 3.39. The smallest absolute Gasteiger partial charge is 0.0321 e. The Hall–Kier alpha value is -0.860. The van der Waals surface area contributed by atoms with Crippen molar-refractivity contribution in [2.45, 2.75) is 25.9 Å². The maximum atomic E-state index is 3.48. The molecule has 0 spiro atoms. The topological polar surface area (TPSA) is 15.3 Å². The molecule has 1 aliphatic rings. The van der Waals surface area contributed by atoms with Gasteiger partial charge in [0.2, 0.25) is 0 Å². The number of hydrogen-bond acceptors (Lipinski definition) is 2. The number of nitrogens with zero attached hydrogens (tertiary/aromatic N) is 1.